The first-order valence-electron chi connectivity index (χ1n) is 9.42. The molecule has 3 aromatic carbocycles. The smallest absolute Gasteiger partial charge is 0.307 e. The molecule has 0 aliphatic heterocycles. The summed E-state index contributed by atoms with van der Waals surface area (Å²) < 4.78 is 5.78. The first-order chi connectivity index (χ1) is 13.6. The Labute approximate surface area is 164 Å². The Morgan fingerprint density at radius 2 is 1.75 bits per heavy atom. The van der Waals surface area contributed by atoms with E-state index < -0.39 is 5.97 Å². The van der Waals surface area contributed by atoms with Crippen molar-refractivity contribution in [3.05, 3.63) is 95.1 Å². The highest BCUT2D eigenvalue weighted by Gasteiger charge is 2.17. The molecule has 3 nitrogen and oxygen atoms in total. The molecular weight excluding hydrogens is 348 g/mol. The molecule has 140 valence electrons. The van der Waals surface area contributed by atoms with Crippen LogP contribution in [0.25, 0.3) is 16.7 Å². The zero-order chi connectivity index (χ0) is 19.5. The third-order valence-electron chi connectivity index (χ3n) is 5.17. The number of hydrogen-bond donors (Lipinski definition) is 1. The van der Waals surface area contributed by atoms with Crippen molar-refractivity contribution in [2.75, 3.05) is 6.61 Å². The van der Waals surface area contributed by atoms with Crippen LogP contribution in [0.1, 0.15) is 29.2 Å². The Bertz CT molecular complexity index is 1050. The van der Waals surface area contributed by atoms with Gasteiger partial charge in [0.15, 0.2) is 0 Å². The van der Waals surface area contributed by atoms with Crippen LogP contribution in [-0.4, -0.2) is 17.7 Å². The van der Waals surface area contributed by atoms with Crippen molar-refractivity contribution < 1.29 is 14.6 Å². The lowest BCUT2D eigenvalue weighted by Crippen LogP contribution is -2.00. The van der Waals surface area contributed by atoms with Gasteiger partial charge in [0.1, 0.15) is 12.4 Å². The van der Waals surface area contributed by atoms with E-state index in [1.165, 1.54) is 33.4 Å². The summed E-state index contributed by atoms with van der Waals surface area (Å²) in [6.45, 7) is 2.57. The van der Waals surface area contributed by atoms with Gasteiger partial charge >= 0.3 is 5.97 Å². The zero-order valence-corrected chi connectivity index (χ0v) is 15.8. The summed E-state index contributed by atoms with van der Waals surface area (Å²) >= 11 is 0. The first-order valence-corrected chi connectivity index (χ1v) is 9.42. The molecule has 1 aliphatic carbocycles. The van der Waals surface area contributed by atoms with Gasteiger partial charge in [0.2, 0.25) is 0 Å². The largest absolute Gasteiger partial charge is 0.490 e. The van der Waals surface area contributed by atoms with Gasteiger partial charge in [-0.3, -0.25) is 4.79 Å². The van der Waals surface area contributed by atoms with Gasteiger partial charge in [-0.2, -0.15) is 0 Å². The molecule has 28 heavy (non-hydrogen) atoms. The molecule has 0 unspecified atom stereocenters. The summed E-state index contributed by atoms with van der Waals surface area (Å²) in [5.74, 6) is -0.0905. The van der Waals surface area contributed by atoms with Crippen molar-refractivity contribution in [2.45, 2.75) is 19.8 Å². The van der Waals surface area contributed by atoms with Crippen LogP contribution in [0.3, 0.4) is 0 Å². The second-order valence-corrected chi connectivity index (χ2v) is 7.12. The van der Waals surface area contributed by atoms with Crippen LogP contribution >= 0.6 is 0 Å². The van der Waals surface area contributed by atoms with Gasteiger partial charge in [0, 0.05) is 0 Å². The number of carboxylic acids is 1. The molecule has 0 heterocycles. The number of benzene rings is 3. The van der Waals surface area contributed by atoms with Crippen LogP contribution in [0.15, 0.2) is 72.8 Å². The number of hydrogen-bond acceptors (Lipinski definition) is 2. The van der Waals surface area contributed by atoms with E-state index in [1.807, 2.05) is 12.1 Å². The summed E-state index contributed by atoms with van der Waals surface area (Å²) in [4.78, 5) is 10.7. The minimum Gasteiger partial charge on any atom is -0.490 e. The number of carboxylic acid groups (broad SMARTS) is 1. The molecule has 0 saturated heterocycles. The van der Waals surface area contributed by atoms with Crippen molar-refractivity contribution in [1.82, 2.24) is 0 Å². The number of carbonyl (C=O) groups is 1. The van der Waals surface area contributed by atoms with E-state index in [0.29, 0.717) is 6.61 Å². The van der Waals surface area contributed by atoms with Crippen molar-refractivity contribution in [2.24, 2.45) is 0 Å². The maximum atomic E-state index is 10.7. The Hall–Kier alpha value is -3.33. The van der Waals surface area contributed by atoms with Crippen LogP contribution in [-0.2, 0) is 17.6 Å². The Balaban J connectivity index is 1.41. The van der Waals surface area contributed by atoms with Gasteiger partial charge in [-0.05, 0) is 70.5 Å². The Morgan fingerprint density at radius 3 is 2.54 bits per heavy atom. The quantitative estimate of drug-likeness (QED) is 0.496. The van der Waals surface area contributed by atoms with Gasteiger partial charge in [-0.15, -0.1) is 0 Å². The lowest BCUT2D eigenvalue weighted by atomic mass is 10.00. The van der Waals surface area contributed by atoms with E-state index in [0.717, 1.165) is 17.7 Å². The molecule has 1 aliphatic rings. The van der Waals surface area contributed by atoms with Gasteiger partial charge in [0.05, 0.1) is 6.42 Å². The first kappa shape index (κ1) is 18.1. The molecule has 0 aromatic heterocycles. The number of fused-ring (bicyclic) bond motifs is 3. The average molecular weight is 370 g/mol. The second kappa shape index (κ2) is 7.73. The molecular formula is C25H22O3. The fraction of sp³-hybridized carbons (Fsp3) is 0.160. The van der Waals surface area contributed by atoms with Crippen molar-refractivity contribution in [3.8, 4) is 16.9 Å². The number of allylic oxidation sites excluding steroid dienone is 1. The highest BCUT2D eigenvalue weighted by molar-refractivity contribution is 5.79. The summed E-state index contributed by atoms with van der Waals surface area (Å²) in [6, 6.07) is 22.5. The van der Waals surface area contributed by atoms with Crippen LogP contribution in [0.4, 0.5) is 0 Å². The third-order valence-corrected chi connectivity index (χ3v) is 5.17. The van der Waals surface area contributed by atoms with Crippen LogP contribution in [0.2, 0.25) is 0 Å². The molecule has 4 rings (SSSR count). The molecule has 0 amide bonds. The van der Waals surface area contributed by atoms with Crippen LogP contribution in [0, 0.1) is 0 Å². The standard InChI is InChI=1S/C25H22O3/c1-17(12-13-28-22-9-6-18(7-10-22)14-25(26)27)19-8-11-24-21(15-19)16-20-4-2-3-5-23(20)24/h2-12,15H,13-14,16H2,1H3,(H,26,27)/b17-12-. The summed E-state index contributed by atoms with van der Waals surface area (Å²) in [5.41, 5.74) is 8.62. The lowest BCUT2D eigenvalue weighted by molar-refractivity contribution is -0.136. The van der Waals surface area contributed by atoms with E-state index >= 15 is 0 Å². The molecule has 3 aromatic rings. The zero-order valence-electron chi connectivity index (χ0n) is 15.8. The highest BCUT2D eigenvalue weighted by Crippen LogP contribution is 2.37. The summed E-state index contributed by atoms with van der Waals surface area (Å²) in [6.07, 6.45) is 3.10. The van der Waals surface area contributed by atoms with Crippen molar-refractivity contribution >= 4 is 11.5 Å². The van der Waals surface area contributed by atoms with Crippen LogP contribution < -0.4 is 4.74 Å². The highest BCUT2D eigenvalue weighted by atomic mass is 16.5. The normalized spacial score (nSPS) is 12.4. The minimum absolute atomic E-state index is 0.0293. The van der Waals surface area contributed by atoms with Gasteiger partial charge in [0.25, 0.3) is 0 Å². The van der Waals surface area contributed by atoms with E-state index in [9.17, 15) is 4.79 Å². The van der Waals surface area contributed by atoms with Crippen LogP contribution in [0.5, 0.6) is 5.75 Å². The van der Waals surface area contributed by atoms with Crippen molar-refractivity contribution in [1.29, 1.82) is 0 Å². The fourth-order valence-corrected chi connectivity index (χ4v) is 3.65. The molecule has 0 atom stereocenters. The van der Waals surface area contributed by atoms with Crippen molar-refractivity contribution in [3.63, 3.8) is 0 Å². The Morgan fingerprint density at radius 1 is 1.00 bits per heavy atom. The van der Waals surface area contributed by atoms with E-state index in [4.69, 9.17) is 9.84 Å². The van der Waals surface area contributed by atoms with Gasteiger partial charge < -0.3 is 9.84 Å². The summed E-state index contributed by atoms with van der Waals surface area (Å²) in [5, 5.41) is 8.82. The predicted octanol–water partition coefficient (Wildman–Crippen LogP) is 5.37. The maximum absolute atomic E-state index is 10.7. The number of aliphatic carboxylic acids is 1. The molecule has 0 spiro atoms. The molecule has 0 bridgehead atoms. The predicted molar refractivity (Wildman–Crippen MR) is 112 cm³/mol. The SMILES string of the molecule is C/C(=C/COc1ccc(CC(=O)O)cc1)c1ccc2c(c1)Cc1ccccc1-2. The lowest BCUT2D eigenvalue weighted by Gasteiger charge is -2.08. The van der Waals surface area contributed by atoms with E-state index in [1.54, 1.807) is 12.1 Å². The topological polar surface area (TPSA) is 46.5 Å². The second-order valence-electron chi connectivity index (χ2n) is 7.12. The molecule has 0 fully saturated rings. The summed E-state index contributed by atoms with van der Waals surface area (Å²) in [7, 11) is 0. The monoisotopic (exact) mass is 370 g/mol. The Kier molecular flexibility index (Phi) is 4.98. The third kappa shape index (κ3) is 3.84. The minimum atomic E-state index is -0.829. The number of ether oxygens (including phenoxy) is 1. The maximum Gasteiger partial charge on any atom is 0.307 e. The fourth-order valence-electron chi connectivity index (χ4n) is 3.65. The molecule has 0 radical (unpaired) electrons. The van der Waals surface area contributed by atoms with E-state index in [-0.39, 0.29) is 6.42 Å². The van der Waals surface area contributed by atoms with E-state index in [2.05, 4.69) is 55.5 Å². The molecule has 1 N–H and O–H groups in total. The molecule has 3 heteroatoms. The van der Waals surface area contributed by atoms with Gasteiger partial charge in [-0.1, -0.05) is 54.6 Å². The molecule has 0 saturated carbocycles. The van der Waals surface area contributed by atoms with Gasteiger partial charge in [-0.25, -0.2) is 0 Å². The average Bonchev–Trinajstić information content (AvgIpc) is 3.06. The number of rotatable bonds is 6.